The number of quaternary nitrogens is 1. The maximum Gasteiger partial charge on any atom is 0.472 e. The summed E-state index contributed by atoms with van der Waals surface area (Å²) in [6.45, 7) is 4.93. The van der Waals surface area contributed by atoms with E-state index in [0.29, 0.717) is 23.9 Å². The predicted molar refractivity (Wildman–Crippen MR) is 272 cm³/mol. The van der Waals surface area contributed by atoms with E-state index in [1.165, 1.54) is 212 Å². The minimum Gasteiger partial charge on any atom is -0.391 e. The number of aliphatic hydroxyl groups excluding tert-OH is 1. The number of amides is 1. The van der Waals surface area contributed by atoms with Gasteiger partial charge in [-0.25, -0.2) is 4.57 Å². The zero-order valence-corrected chi connectivity index (χ0v) is 43.7. The summed E-state index contributed by atoms with van der Waals surface area (Å²) < 4.78 is 23.8. The third kappa shape index (κ3) is 49.0. The Labute approximate surface area is 392 Å². The van der Waals surface area contributed by atoms with E-state index in [4.69, 9.17) is 9.05 Å². The van der Waals surface area contributed by atoms with E-state index in [2.05, 4.69) is 31.3 Å². The first-order valence-electron chi connectivity index (χ1n) is 27.6. The van der Waals surface area contributed by atoms with Crippen LogP contribution in [0.5, 0.6) is 0 Å². The molecule has 3 N–H and O–H groups in total. The zero-order valence-electron chi connectivity index (χ0n) is 42.8. The first-order chi connectivity index (χ1) is 30.5. The second kappa shape index (κ2) is 46.4. The summed E-state index contributed by atoms with van der Waals surface area (Å²) in [5.74, 6) is -0.141. The van der Waals surface area contributed by atoms with E-state index in [0.717, 1.165) is 38.5 Å². The summed E-state index contributed by atoms with van der Waals surface area (Å²) in [7, 11) is 1.63. The average Bonchev–Trinajstić information content (AvgIpc) is 3.24. The molecule has 8 nitrogen and oxygen atoms in total. The maximum absolute atomic E-state index is 13.0. The van der Waals surface area contributed by atoms with Gasteiger partial charge in [-0.3, -0.25) is 13.8 Å². The number of unbranched alkanes of at least 4 members (excludes halogenated alkanes) is 36. The van der Waals surface area contributed by atoms with Crippen molar-refractivity contribution in [2.45, 2.75) is 289 Å². The Balaban J connectivity index is 4.18. The van der Waals surface area contributed by atoms with Gasteiger partial charge in [0.2, 0.25) is 5.91 Å². The largest absolute Gasteiger partial charge is 0.472 e. The lowest BCUT2D eigenvalue weighted by molar-refractivity contribution is -0.870. The molecule has 0 aliphatic rings. The van der Waals surface area contributed by atoms with Gasteiger partial charge in [0.25, 0.3) is 0 Å². The van der Waals surface area contributed by atoms with Crippen molar-refractivity contribution in [3.8, 4) is 0 Å². The normalized spacial score (nSPS) is 14.1. The second-order valence-corrected chi connectivity index (χ2v) is 21.8. The Kier molecular flexibility index (Phi) is 45.8. The van der Waals surface area contributed by atoms with Gasteiger partial charge in [-0.1, -0.05) is 244 Å². The molecule has 1 amide bonds. The van der Waals surface area contributed by atoms with Crippen molar-refractivity contribution in [3.63, 3.8) is 0 Å². The summed E-state index contributed by atoms with van der Waals surface area (Å²) in [4.78, 5) is 23.3. The van der Waals surface area contributed by atoms with Crippen LogP contribution in [0.2, 0.25) is 0 Å². The van der Waals surface area contributed by atoms with E-state index < -0.39 is 20.0 Å². The van der Waals surface area contributed by atoms with Crippen LogP contribution in [0, 0.1) is 0 Å². The molecule has 0 fully saturated rings. The lowest BCUT2D eigenvalue weighted by Gasteiger charge is -2.26. The Hall–Kier alpha value is -0.760. The number of likely N-dealkylation sites (N-methyl/N-ethyl adjacent to an activating group) is 1. The zero-order chi connectivity index (χ0) is 46.4. The van der Waals surface area contributed by atoms with Crippen LogP contribution >= 0.6 is 7.82 Å². The molecular formula is C54H110N2O6P+. The molecule has 0 radical (unpaired) electrons. The molecular weight excluding hydrogens is 804 g/mol. The third-order valence-electron chi connectivity index (χ3n) is 12.8. The van der Waals surface area contributed by atoms with E-state index in [1.807, 2.05) is 21.1 Å². The standard InChI is InChI=1S/C54H109N2O6P/c1-6-8-10-12-14-16-18-20-22-24-26-27-28-29-30-32-34-36-38-40-42-44-46-48-54(58)55-52(51-62-63(59,60)61-50-49-56(3,4)5)53(57)47-45-43-41-39-37-35-33-31-25-23-21-19-17-15-13-11-9-7-2/h24,26,52-53,57H,6-23,25,27-51H2,1-5H3,(H-,55,58,59,60)/p+1/b26-24-. The predicted octanol–water partition coefficient (Wildman–Crippen LogP) is 16.3. The number of aliphatic hydroxyl groups is 1. The van der Waals surface area contributed by atoms with Crippen molar-refractivity contribution in [2.75, 3.05) is 40.9 Å². The molecule has 9 heteroatoms. The third-order valence-corrected chi connectivity index (χ3v) is 13.7. The molecule has 0 aromatic rings. The number of carbonyl (C=O) groups is 1. The van der Waals surface area contributed by atoms with Gasteiger partial charge in [-0.2, -0.15) is 0 Å². The molecule has 0 spiro atoms. The average molecular weight is 914 g/mol. The fourth-order valence-electron chi connectivity index (χ4n) is 8.40. The lowest BCUT2D eigenvalue weighted by atomic mass is 10.0. The minimum atomic E-state index is -4.32. The van der Waals surface area contributed by atoms with Crippen LogP contribution in [0.25, 0.3) is 0 Å². The van der Waals surface area contributed by atoms with Crippen molar-refractivity contribution in [1.29, 1.82) is 0 Å². The number of nitrogens with zero attached hydrogens (tertiary/aromatic N) is 1. The number of nitrogens with one attached hydrogen (secondary N) is 1. The van der Waals surface area contributed by atoms with E-state index in [-0.39, 0.29) is 19.1 Å². The van der Waals surface area contributed by atoms with Crippen LogP contribution in [-0.4, -0.2) is 73.4 Å². The summed E-state index contributed by atoms with van der Waals surface area (Å²) in [6.07, 6.45) is 55.4. The first kappa shape index (κ1) is 62.2. The highest BCUT2D eigenvalue weighted by Crippen LogP contribution is 2.43. The topological polar surface area (TPSA) is 105 Å². The number of rotatable bonds is 51. The fraction of sp³-hybridized carbons (Fsp3) is 0.944. The van der Waals surface area contributed by atoms with Crippen LogP contribution in [0.1, 0.15) is 277 Å². The van der Waals surface area contributed by atoms with E-state index in [9.17, 15) is 19.4 Å². The summed E-state index contributed by atoms with van der Waals surface area (Å²) in [6, 6.07) is -0.758. The molecule has 0 rings (SSSR count). The molecule has 3 atom stereocenters. The molecule has 0 aromatic carbocycles. The number of hydrogen-bond acceptors (Lipinski definition) is 5. The monoisotopic (exact) mass is 914 g/mol. The number of allylic oxidation sites excluding steroid dienone is 2. The Morgan fingerprint density at radius 2 is 0.857 bits per heavy atom. The Morgan fingerprint density at radius 3 is 1.22 bits per heavy atom. The fourth-order valence-corrected chi connectivity index (χ4v) is 9.13. The summed E-state index contributed by atoms with van der Waals surface area (Å²) in [5, 5.41) is 14.1. The highest BCUT2D eigenvalue weighted by atomic mass is 31.2. The number of phosphoric acid groups is 1. The molecule has 0 aromatic heterocycles. The highest BCUT2D eigenvalue weighted by molar-refractivity contribution is 7.47. The second-order valence-electron chi connectivity index (χ2n) is 20.3. The molecule has 0 heterocycles. The Bertz CT molecular complexity index is 1040. The SMILES string of the molecule is CCCCCCCCCC/C=C\CCCCCCCCCCCCCC(=O)NC(COP(=O)(O)OCC[N+](C)(C)C)C(O)CCCCCCCCCCCCCCCCCCCC. The molecule has 0 aliphatic carbocycles. The van der Waals surface area contributed by atoms with Gasteiger partial charge in [0.15, 0.2) is 0 Å². The van der Waals surface area contributed by atoms with Gasteiger partial charge in [0, 0.05) is 6.42 Å². The van der Waals surface area contributed by atoms with Crippen molar-refractivity contribution in [1.82, 2.24) is 5.32 Å². The van der Waals surface area contributed by atoms with E-state index in [1.54, 1.807) is 0 Å². The van der Waals surface area contributed by atoms with Crippen LogP contribution in [0.4, 0.5) is 0 Å². The lowest BCUT2D eigenvalue weighted by Crippen LogP contribution is -2.46. The molecule has 376 valence electrons. The van der Waals surface area contributed by atoms with Gasteiger partial charge in [-0.15, -0.1) is 0 Å². The maximum atomic E-state index is 13.0. The smallest absolute Gasteiger partial charge is 0.391 e. The van der Waals surface area contributed by atoms with Crippen LogP contribution in [0.3, 0.4) is 0 Å². The quantitative estimate of drug-likeness (QED) is 0.0243. The van der Waals surface area contributed by atoms with Gasteiger partial charge in [-0.05, 0) is 38.5 Å². The van der Waals surface area contributed by atoms with Crippen LogP contribution < -0.4 is 5.32 Å². The number of carbonyl (C=O) groups excluding carboxylic acids is 1. The number of phosphoric ester groups is 1. The molecule has 0 aliphatic heterocycles. The minimum absolute atomic E-state index is 0.0771. The van der Waals surface area contributed by atoms with Gasteiger partial charge in [0.1, 0.15) is 13.2 Å². The summed E-state index contributed by atoms with van der Waals surface area (Å²) in [5.41, 5.74) is 0. The molecule has 0 saturated heterocycles. The first-order valence-corrected chi connectivity index (χ1v) is 29.0. The molecule has 0 bridgehead atoms. The van der Waals surface area contributed by atoms with Crippen molar-refractivity contribution in [3.05, 3.63) is 12.2 Å². The van der Waals surface area contributed by atoms with E-state index >= 15 is 0 Å². The van der Waals surface area contributed by atoms with Crippen LogP contribution in [0.15, 0.2) is 12.2 Å². The molecule has 63 heavy (non-hydrogen) atoms. The Morgan fingerprint density at radius 1 is 0.524 bits per heavy atom. The number of hydrogen-bond donors (Lipinski definition) is 3. The molecule has 0 saturated carbocycles. The highest BCUT2D eigenvalue weighted by Gasteiger charge is 2.28. The van der Waals surface area contributed by atoms with Crippen molar-refractivity contribution in [2.24, 2.45) is 0 Å². The summed E-state index contributed by atoms with van der Waals surface area (Å²) >= 11 is 0. The van der Waals surface area contributed by atoms with Crippen molar-refractivity contribution < 1.29 is 32.9 Å². The van der Waals surface area contributed by atoms with Gasteiger partial charge < -0.3 is 19.8 Å². The van der Waals surface area contributed by atoms with Gasteiger partial charge >= 0.3 is 7.82 Å². The van der Waals surface area contributed by atoms with Crippen molar-refractivity contribution >= 4 is 13.7 Å². The van der Waals surface area contributed by atoms with Crippen LogP contribution in [-0.2, 0) is 18.4 Å². The molecule has 3 unspecified atom stereocenters. The van der Waals surface area contributed by atoms with Gasteiger partial charge in [0.05, 0.1) is 39.9 Å².